The molecule has 45 heavy (non-hydrogen) atoms. The van der Waals surface area contributed by atoms with Crippen molar-refractivity contribution >= 4 is 42.9 Å². The molecule has 0 radical (unpaired) electrons. The predicted molar refractivity (Wildman–Crippen MR) is 208 cm³/mol. The Labute approximate surface area is 289 Å². The molecule has 246 valence electrons. The molecule has 2 nitrogen and oxygen atoms in total. The van der Waals surface area contributed by atoms with Gasteiger partial charge in [0.05, 0.1) is 0 Å². The Hall–Kier alpha value is -1.52. The molecule has 4 heteroatoms. The highest BCUT2D eigenvalue weighted by atomic mass is 127. The zero-order valence-corrected chi connectivity index (χ0v) is 31.2. The van der Waals surface area contributed by atoms with E-state index in [0.717, 1.165) is 45.3 Å². The van der Waals surface area contributed by atoms with Crippen LogP contribution in [0.25, 0.3) is 0 Å². The summed E-state index contributed by atoms with van der Waals surface area (Å²) in [7, 11) is 0. The third kappa shape index (κ3) is 14.4. The van der Waals surface area contributed by atoms with Crippen LogP contribution >= 0.6 is 26.9 Å². The third-order valence-corrected chi connectivity index (χ3v) is 16.5. The van der Waals surface area contributed by atoms with E-state index in [1.165, 1.54) is 92.1 Å². The van der Waals surface area contributed by atoms with Gasteiger partial charge in [0, 0.05) is 13.2 Å². The number of benzene rings is 3. The molecule has 0 amide bonds. The van der Waals surface area contributed by atoms with Crippen molar-refractivity contribution in [1.82, 2.24) is 0 Å². The van der Waals surface area contributed by atoms with Crippen molar-refractivity contribution in [1.29, 1.82) is 0 Å². The summed E-state index contributed by atoms with van der Waals surface area (Å²) in [6, 6.07) is 31.5. The molecule has 0 fully saturated rings. The molecule has 3 rings (SSSR count). The van der Waals surface area contributed by atoms with Gasteiger partial charge in [0.25, 0.3) is 0 Å². The van der Waals surface area contributed by atoms with E-state index in [1.54, 1.807) is 0 Å². The van der Waals surface area contributed by atoms with E-state index in [2.05, 4.69) is 133 Å². The highest BCUT2D eigenvalue weighted by Gasteiger charge is 2.43. The monoisotopic (exact) mass is 741 g/mol. The Balaban J connectivity index is 1.34. The van der Waals surface area contributed by atoms with Crippen molar-refractivity contribution in [3.8, 4) is 0 Å². The Morgan fingerprint density at radius 2 is 1.04 bits per heavy atom. The quantitative estimate of drug-likeness (QED) is 0.0283. The summed E-state index contributed by atoms with van der Waals surface area (Å²) in [5, 5.41) is 4.28. The van der Waals surface area contributed by atoms with Crippen LogP contribution in [0.3, 0.4) is 0 Å². The largest absolute Gasteiger partial charge is 0.353 e. The second-order valence-corrected chi connectivity index (χ2v) is 19.3. The van der Waals surface area contributed by atoms with Gasteiger partial charge >= 0.3 is 0 Å². The van der Waals surface area contributed by atoms with E-state index >= 15 is 0 Å². The first-order valence-electron chi connectivity index (χ1n) is 17.9. The minimum atomic E-state index is -1.68. The van der Waals surface area contributed by atoms with Crippen LogP contribution < -0.4 is 15.9 Å². The second kappa shape index (κ2) is 23.7. The molecule has 0 spiro atoms. The van der Waals surface area contributed by atoms with Gasteiger partial charge < -0.3 is 9.47 Å². The normalized spacial score (nSPS) is 12.0. The van der Waals surface area contributed by atoms with Crippen molar-refractivity contribution in [3.05, 3.63) is 103 Å². The predicted octanol–water partition coefficient (Wildman–Crippen LogP) is 11.7. The number of halogens is 1. The molecule has 3 aromatic carbocycles. The van der Waals surface area contributed by atoms with Crippen LogP contribution in [0.4, 0.5) is 0 Å². The summed E-state index contributed by atoms with van der Waals surface area (Å²) in [6.45, 7) is 6.20. The number of allylic oxidation sites excluding steroid dienone is 2. The first-order valence-corrected chi connectivity index (χ1v) is 22.4. The lowest BCUT2D eigenvalue weighted by Crippen LogP contribution is -2.26. The molecule has 0 N–H and O–H groups in total. The molecular weight excluding hydrogens is 682 g/mol. The van der Waals surface area contributed by atoms with Gasteiger partial charge in [-0.2, -0.15) is 0 Å². The van der Waals surface area contributed by atoms with Gasteiger partial charge in [-0.05, 0) is 99.7 Å². The number of unbranched alkanes of at least 4 members (excludes halogenated alkanes) is 10. The summed E-state index contributed by atoms with van der Waals surface area (Å²) in [5.74, 6) is 0. The number of rotatable bonds is 25. The van der Waals surface area contributed by atoms with Gasteiger partial charge in [-0.1, -0.05) is 119 Å². The molecule has 0 aliphatic rings. The van der Waals surface area contributed by atoms with Crippen LogP contribution in [0, 0.1) is 0 Å². The summed E-state index contributed by atoms with van der Waals surface area (Å²) < 4.78 is 12.3. The van der Waals surface area contributed by atoms with Crippen molar-refractivity contribution < 1.29 is 9.47 Å². The lowest BCUT2D eigenvalue weighted by atomic mass is 10.1. The van der Waals surface area contributed by atoms with Crippen LogP contribution in [0.2, 0.25) is 0 Å². The van der Waals surface area contributed by atoms with E-state index in [1.807, 2.05) is 0 Å². The van der Waals surface area contributed by atoms with Crippen LogP contribution in [-0.2, 0) is 15.9 Å². The maximum Gasteiger partial charge on any atom is 0.173 e. The first kappa shape index (κ1) is 37.9. The second-order valence-electron chi connectivity index (χ2n) is 12.2. The Morgan fingerprint density at radius 3 is 1.58 bits per heavy atom. The maximum atomic E-state index is 6.13. The fraction of sp³-hybridized carbons (Fsp3) is 0.512. The van der Waals surface area contributed by atoms with E-state index in [-0.39, 0.29) is 6.29 Å². The van der Waals surface area contributed by atoms with Gasteiger partial charge in [0.15, 0.2) is 33.2 Å². The Morgan fingerprint density at radius 1 is 0.556 bits per heavy atom. The van der Waals surface area contributed by atoms with Crippen LogP contribution in [0.1, 0.15) is 116 Å². The third-order valence-electron chi connectivity index (χ3n) is 8.43. The molecule has 0 aliphatic heterocycles. The molecule has 0 aliphatic carbocycles. The molecule has 0 unspecified atom stereocenters. The molecule has 0 atom stereocenters. The summed E-state index contributed by atoms with van der Waals surface area (Å²) >= 11 is 2.75. The zero-order valence-electron chi connectivity index (χ0n) is 28.2. The fourth-order valence-corrected chi connectivity index (χ4v) is 11.2. The molecule has 0 saturated carbocycles. The minimum Gasteiger partial charge on any atom is -0.353 e. The van der Waals surface area contributed by atoms with Crippen molar-refractivity contribution in [2.75, 3.05) is 13.2 Å². The maximum absolute atomic E-state index is 6.13. The minimum absolute atomic E-state index is 0.00953. The Kier molecular flexibility index (Phi) is 20.0. The van der Waals surface area contributed by atoms with Gasteiger partial charge in [-0.15, -0.1) is 0 Å². The Bertz CT molecular complexity index is 1100. The van der Waals surface area contributed by atoms with Gasteiger partial charge in [0.2, 0.25) is 0 Å². The molecule has 0 heterocycles. The number of hydrogen-bond acceptors (Lipinski definition) is 2. The molecule has 0 saturated heterocycles. The van der Waals surface area contributed by atoms with Gasteiger partial charge in [-0.25, -0.2) is 0 Å². The lowest BCUT2D eigenvalue weighted by Gasteiger charge is -2.20. The highest BCUT2D eigenvalue weighted by molar-refractivity contribution is 14.2. The van der Waals surface area contributed by atoms with Crippen molar-refractivity contribution in [3.63, 3.8) is 0 Å². The number of hydrogen-bond donors (Lipinski definition) is 0. The van der Waals surface area contributed by atoms with Gasteiger partial charge in [-0.3, -0.25) is 0 Å². The lowest BCUT2D eigenvalue weighted by molar-refractivity contribution is -0.148. The van der Waals surface area contributed by atoms with E-state index in [9.17, 15) is 0 Å². The van der Waals surface area contributed by atoms with Gasteiger partial charge in [0.1, 0.15) is 15.9 Å². The molecule has 3 aromatic rings. The average molecular weight is 742 g/mol. The summed E-state index contributed by atoms with van der Waals surface area (Å²) in [5.41, 5.74) is 1.44. The first-order chi connectivity index (χ1) is 22.2. The fourth-order valence-electron chi connectivity index (χ4n) is 5.69. The van der Waals surface area contributed by atoms with Crippen LogP contribution in [0.5, 0.6) is 0 Å². The molecule has 0 aromatic heterocycles. The van der Waals surface area contributed by atoms with Crippen molar-refractivity contribution in [2.24, 2.45) is 0 Å². The number of ether oxygens (including phenoxy) is 2. The topological polar surface area (TPSA) is 18.5 Å². The standard InChI is InChI=1S/C41H59IO2P/c1-3-5-7-23-35-43-41(44-36-24-8-6-4-2)30-22-14-12-10-9-11-13-17-25-37-31-33-40(34-32-37)45(42,38-26-18-15-19-27-38)39-28-20-16-21-29-39/h9,11,15-16,18-21,26-29,31-34,41H,3-8,10,12-14,17,22-25,30,35-36H2,1-2H3/q+1/b11-9-. The highest BCUT2D eigenvalue weighted by Crippen LogP contribution is 2.63. The van der Waals surface area contributed by atoms with Crippen molar-refractivity contribution in [2.45, 2.75) is 123 Å². The SMILES string of the molecule is CCCCCCOC(CCCCC/C=C\CCCc1ccc([P+](I)(c2ccccc2)c2ccccc2)cc1)OCCCCCC. The van der Waals surface area contributed by atoms with Crippen LogP contribution in [-0.4, -0.2) is 19.5 Å². The zero-order chi connectivity index (χ0) is 31.8. The average Bonchev–Trinajstić information content (AvgIpc) is 3.09. The van der Waals surface area contributed by atoms with E-state index in [4.69, 9.17) is 9.47 Å². The summed E-state index contributed by atoms with van der Waals surface area (Å²) in [6.07, 6.45) is 24.1. The molecular formula is C41H59IO2P+. The smallest absolute Gasteiger partial charge is 0.173 e. The van der Waals surface area contributed by atoms with Crippen LogP contribution in [0.15, 0.2) is 97.1 Å². The number of aryl methyl sites for hydroxylation is 1. The summed E-state index contributed by atoms with van der Waals surface area (Å²) in [4.78, 5) is -1.68. The van der Waals surface area contributed by atoms with E-state index in [0.29, 0.717) is 0 Å². The van der Waals surface area contributed by atoms with E-state index < -0.39 is 4.90 Å². The molecule has 0 bridgehead atoms.